The van der Waals surface area contributed by atoms with Crippen LogP contribution in [0, 0.1) is 12.8 Å². The van der Waals surface area contributed by atoms with Crippen molar-refractivity contribution in [2.75, 3.05) is 0 Å². The van der Waals surface area contributed by atoms with E-state index in [1.807, 2.05) is 44.2 Å². The quantitative estimate of drug-likeness (QED) is 0.661. The van der Waals surface area contributed by atoms with E-state index in [4.69, 9.17) is 11.6 Å². The van der Waals surface area contributed by atoms with Gasteiger partial charge in [0, 0.05) is 5.02 Å². The minimum absolute atomic E-state index is 0.0860. The Bertz CT molecular complexity index is 962. The van der Waals surface area contributed by atoms with Crippen molar-refractivity contribution in [3.8, 4) is 0 Å². The summed E-state index contributed by atoms with van der Waals surface area (Å²) in [7, 11) is 0. The van der Waals surface area contributed by atoms with Crippen molar-refractivity contribution in [2.24, 2.45) is 5.92 Å². The highest BCUT2D eigenvalue weighted by Gasteiger charge is 2.36. The molecule has 28 heavy (non-hydrogen) atoms. The summed E-state index contributed by atoms with van der Waals surface area (Å²) in [5, 5.41) is 3.39. The van der Waals surface area contributed by atoms with E-state index in [1.165, 1.54) is 18.2 Å². The fourth-order valence-electron chi connectivity index (χ4n) is 3.40. The molecule has 0 aromatic heterocycles. The minimum atomic E-state index is -4.60. The van der Waals surface area contributed by atoms with Crippen LogP contribution in [0.1, 0.15) is 34.0 Å². The molecule has 2 aromatic carbocycles. The molecule has 146 valence electrons. The number of hydrogen-bond acceptors (Lipinski definition) is 1. The first kappa shape index (κ1) is 20.2. The Hall–Kier alpha value is -2.53. The molecule has 2 nitrogen and oxygen atoms in total. The van der Waals surface area contributed by atoms with Gasteiger partial charge in [-0.2, -0.15) is 13.2 Å². The predicted octanol–water partition coefficient (Wildman–Crippen LogP) is 6.06. The number of carbonyl (C=O) groups excluding carboxylic acids is 1. The predicted molar refractivity (Wildman–Crippen MR) is 105 cm³/mol. The number of benzene rings is 2. The highest BCUT2D eigenvalue weighted by Crippen LogP contribution is 2.34. The van der Waals surface area contributed by atoms with Gasteiger partial charge < -0.3 is 5.32 Å². The molecular formula is C22H19ClF3NO. The van der Waals surface area contributed by atoms with Gasteiger partial charge in [-0.05, 0) is 53.8 Å². The van der Waals surface area contributed by atoms with Crippen molar-refractivity contribution in [1.82, 2.24) is 5.32 Å². The molecule has 1 aliphatic rings. The molecule has 0 radical (unpaired) electrons. The summed E-state index contributed by atoms with van der Waals surface area (Å²) < 4.78 is 39.8. The summed E-state index contributed by atoms with van der Waals surface area (Å²) >= 11 is 6.04. The lowest BCUT2D eigenvalue weighted by Gasteiger charge is -2.29. The Balaban J connectivity index is 1.95. The molecule has 0 aliphatic heterocycles. The Kier molecular flexibility index (Phi) is 5.66. The molecule has 1 N–H and O–H groups in total. The number of hydrogen-bond donors (Lipinski definition) is 1. The second-order valence-electron chi connectivity index (χ2n) is 6.82. The molecule has 0 saturated carbocycles. The molecule has 0 heterocycles. The molecule has 2 atom stereocenters. The first-order valence-corrected chi connectivity index (χ1v) is 9.18. The molecule has 0 fully saturated rings. The van der Waals surface area contributed by atoms with Gasteiger partial charge in [0.2, 0.25) is 0 Å². The van der Waals surface area contributed by atoms with Crippen molar-refractivity contribution in [3.05, 3.63) is 88.0 Å². The third-order valence-corrected chi connectivity index (χ3v) is 5.05. The average molecular weight is 406 g/mol. The van der Waals surface area contributed by atoms with Gasteiger partial charge in [-0.15, -0.1) is 0 Å². The largest absolute Gasteiger partial charge is 0.417 e. The molecule has 1 aliphatic carbocycles. The fraction of sp³-hybridized carbons (Fsp3) is 0.227. The highest BCUT2D eigenvalue weighted by molar-refractivity contribution is 6.30. The van der Waals surface area contributed by atoms with Crippen LogP contribution in [0.3, 0.4) is 0 Å². The van der Waals surface area contributed by atoms with E-state index in [-0.39, 0.29) is 11.5 Å². The molecule has 0 saturated heterocycles. The molecule has 2 unspecified atom stereocenters. The Morgan fingerprint density at radius 3 is 2.54 bits per heavy atom. The second-order valence-corrected chi connectivity index (χ2v) is 7.26. The number of nitrogens with one attached hydrogen (secondary N) is 1. The van der Waals surface area contributed by atoms with Gasteiger partial charge in [0.25, 0.3) is 5.91 Å². The van der Waals surface area contributed by atoms with Crippen LogP contribution in [0.25, 0.3) is 5.57 Å². The van der Waals surface area contributed by atoms with Crippen molar-refractivity contribution in [3.63, 3.8) is 0 Å². The van der Waals surface area contributed by atoms with Crippen molar-refractivity contribution in [1.29, 1.82) is 0 Å². The van der Waals surface area contributed by atoms with Gasteiger partial charge in [0.1, 0.15) is 0 Å². The standard InChI is InChI=1S/C22H19ClF3NO/c1-13-6-5-8-17(16-11-10-15(23)12-14(16)2)20(13)27-21(28)18-7-3-4-9-19(18)22(24,25)26/h3-13,20H,1-2H3,(H,27,28). The van der Waals surface area contributed by atoms with Crippen LogP contribution in [0.5, 0.6) is 0 Å². The number of allylic oxidation sites excluding steroid dienone is 2. The summed E-state index contributed by atoms with van der Waals surface area (Å²) in [4.78, 5) is 12.8. The van der Waals surface area contributed by atoms with E-state index in [0.717, 1.165) is 22.8 Å². The van der Waals surface area contributed by atoms with E-state index < -0.39 is 23.7 Å². The maximum absolute atomic E-state index is 13.3. The molecule has 1 amide bonds. The van der Waals surface area contributed by atoms with Gasteiger partial charge >= 0.3 is 6.18 Å². The first-order chi connectivity index (χ1) is 13.2. The van der Waals surface area contributed by atoms with E-state index in [0.29, 0.717) is 5.02 Å². The maximum Gasteiger partial charge on any atom is 0.417 e. The molecule has 2 aromatic rings. The zero-order chi connectivity index (χ0) is 20.5. The van der Waals surface area contributed by atoms with Crippen LogP contribution < -0.4 is 5.32 Å². The van der Waals surface area contributed by atoms with Crippen molar-refractivity contribution < 1.29 is 18.0 Å². The van der Waals surface area contributed by atoms with E-state index in [2.05, 4.69) is 5.32 Å². The summed E-state index contributed by atoms with van der Waals surface area (Å²) in [5.41, 5.74) is 1.33. The third-order valence-electron chi connectivity index (χ3n) is 4.81. The molecular weight excluding hydrogens is 387 g/mol. The van der Waals surface area contributed by atoms with E-state index in [9.17, 15) is 18.0 Å². The number of rotatable bonds is 3. The number of aryl methyl sites for hydroxylation is 1. The normalized spacial score (nSPS) is 19.3. The smallest absolute Gasteiger partial charge is 0.345 e. The number of halogens is 4. The second kappa shape index (κ2) is 7.84. The third kappa shape index (κ3) is 4.14. The van der Waals surface area contributed by atoms with Crippen LogP contribution in [0.2, 0.25) is 5.02 Å². The zero-order valence-electron chi connectivity index (χ0n) is 15.3. The van der Waals surface area contributed by atoms with Crippen molar-refractivity contribution in [2.45, 2.75) is 26.1 Å². The number of alkyl halides is 3. The SMILES string of the molecule is Cc1cc(Cl)ccc1C1=CC=CC(C)C1NC(=O)c1ccccc1C(F)(F)F. The van der Waals surface area contributed by atoms with Crippen LogP contribution in [-0.2, 0) is 6.18 Å². The highest BCUT2D eigenvalue weighted by atomic mass is 35.5. The molecule has 6 heteroatoms. The van der Waals surface area contributed by atoms with Gasteiger partial charge in [0.05, 0.1) is 17.2 Å². The van der Waals surface area contributed by atoms with Crippen LogP contribution in [-0.4, -0.2) is 11.9 Å². The van der Waals surface area contributed by atoms with Crippen molar-refractivity contribution >= 4 is 23.1 Å². The van der Waals surface area contributed by atoms with Gasteiger partial charge in [0.15, 0.2) is 0 Å². The number of carbonyl (C=O) groups is 1. The summed E-state index contributed by atoms with van der Waals surface area (Å²) in [6.07, 6.45) is 1.07. The fourth-order valence-corrected chi connectivity index (χ4v) is 3.62. The first-order valence-electron chi connectivity index (χ1n) is 8.80. The number of amides is 1. The maximum atomic E-state index is 13.3. The minimum Gasteiger partial charge on any atom is -0.345 e. The molecule has 3 rings (SSSR count). The van der Waals surface area contributed by atoms with Crippen LogP contribution >= 0.6 is 11.6 Å². The molecule has 0 bridgehead atoms. The molecule has 0 spiro atoms. The van der Waals surface area contributed by atoms with Gasteiger partial charge in [-0.1, -0.05) is 55.0 Å². The lowest BCUT2D eigenvalue weighted by atomic mass is 9.84. The van der Waals surface area contributed by atoms with E-state index in [1.54, 1.807) is 6.07 Å². The van der Waals surface area contributed by atoms with E-state index >= 15 is 0 Å². The van der Waals surface area contributed by atoms with Gasteiger partial charge in [-0.25, -0.2) is 0 Å². The monoisotopic (exact) mass is 405 g/mol. The lowest BCUT2D eigenvalue weighted by molar-refractivity contribution is -0.137. The Morgan fingerprint density at radius 2 is 1.86 bits per heavy atom. The Morgan fingerprint density at radius 1 is 1.14 bits per heavy atom. The topological polar surface area (TPSA) is 29.1 Å². The zero-order valence-corrected chi connectivity index (χ0v) is 16.1. The summed E-state index contributed by atoms with van der Waals surface area (Å²) in [6.45, 7) is 3.82. The lowest BCUT2D eigenvalue weighted by Crippen LogP contribution is -2.41. The summed E-state index contributed by atoms with van der Waals surface area (Å²) in [5.74, 6) is -0.838. The van der Waals surface area contributed by atoms with Crippen LogP contribution in [0.4, 0.5) is 13.2 Å². The average Bonchev–Trinajstić information content (AvgIpc) is 2.63. The van der Waals surface area contributed by atoms with Gasteiger partial charge in [-0.3, -0.25) is 4.79 Å². The Labute approximate surface area is 166 Å². The summed E-state index contributed by atoms with van der Waals surface area (Å²) in [6, 6.07) is 9.78. The van der Waals surface area contributed by atoms with Crippen LogP contribution in [0.15, 0.2) is 60.7 Å².